The molecule has 0 saturated heterocycles. The molecule has 0 radical (unpaired) electrons. The first-order valence-electron chi connectivity index (χ1n) is 19.3. The Kier molecular flexibility index (Phi) is 8.41. The van der Waals surface area contributed by atoms with Crippen LogP contribution in [0.5, 0.6) is 0 Å². The number of pyridine rings is 1. The number of para-hydroxylation sites is 1. The van der Waals surface area contributed by atoms with Crippen molar-refractivity contribution in [1.82, 2.24) is 19.7 Å². The van der Waals surface area contributed by atoms with E-state index < -0.39 is 23.0 Å². The molecule has 2 atom stereocenters. The topological polar surface area (TPSA) is 140 Å². The zero-order valence-electron chi connectivity index (χ0n) is 31.7. The van der Waals surface area contributed by atoms with Crippen molar-refractivity contribution in [3.63, 3.8) is 0 Å². The number of aliphatic carboxylic acids is 1. The maximum atomic E-state index is 13.9. The van der Waals surface area contributed by atoms with Crippen LogP contribution in [-0.4, -0.2) is 54.8 Å². The number of carboxylic acid groups (broad SMARTS) is 1. The smallest absolute Gasteiger partial charge is 0.358 e. The van der Waals surface area contributed by atoms with Gasteiger partial charge in [-0.05, 0) is 131 Å². The number of aromatic nitrogens is 4. The molecular formula is C43H46N6O5S. The standard InChI is InChI=1S/C43H46N6O5S/c1-25-31(21-44-49(25)24-42-17-26-16-27(18-42)20-43(19-26,23-42)39(52)53)29-12-13-35(46-36(29)38(51)54-41(2,3)4)48-15-14-28-8-7-9-30(32(28)22-48)37(50)47-40-45-33-10-5-6-11-34(33)55-40/h5-13,21,26-27H,14-20,22-24H2,1-4H3,(H,52,53)(H,45,47,50)/t26?,27?,42-,43-. The number of carbonyl (C=O) groups is 3. The second-order valence-corrected chi connectivity index (χ2v) is 18.5. The lowest BCUT2D eigenvalue weighted by Gasteiger charge is -2.60. The maximum Gasteiger partial charge on any atom is 0.358 e. The van der Waals surface area contributed by atoms with Crippen LogP contribution in [0, 0.1) is 29.6 Å². The van der Waals surface area contributed by atoms with E-state index >= 15 is 0 Å². The molecule has 4 aliphatic carbocycles. The van der Waals surface area contributed by atoms with Gasteiger partial charge >= 0.3 is 11.9 Å². The molecule has 5 aliphatic rings. The molecule has 3 aromatic heterocycles. The van der Waals surface area contributed by atoms with E-state index in [0.717, 1.165) is 64.7 Å². The Morgan fingerprint density at radius 1 is 0.982 bits per heavy atom. The number of thiazole rings is 1. The molecule has 2 unspecified atom stereocenters. The summed E-state index contributed by atoms with van der Waals surface area (Å²) in [5, 5.41) is 18.7. The molecule has 4 heterocycles. The predicted molar refractivity (Wildman–Crippen MR) is 211 cm³/mol. The van der Waals surface area contributed by atoms with Crippen molar-refractivity contribution in [1.29, 1.82) is 0 Å². The summed E-state index contributed by atoms with van der Waals surface area (Å²) in [6.45, 7) is 9.31. The van der Waals surface area contributed by atoms with Crippen LogP contribution in [0.3, 0.4) is 0 Å². The summed E-state index contributed by atoms with van der Waals surface area (Å²) in [5.74, 6) is 0.152. The van der Waals surface area contributed by atoms with Crippen molar-refractivity contribution in [3.05, 3.63) is 88.9 Å². The minimum absolute atomic E-state index is 0.0959. The van der Waals surface area contributed by atoms with Crippen molar-refractivity contribution in [2.75, 3.05) is 16.8 Å². The average Bonchev–Trinajstić information content (AvgIpc) is 3.71. The zero-order valence-corrected chi connectivity index (χ0v) is 32.5. The minimum Gasteiger partial charge on any atom is -0.481 e. The number of hydrogen-bond acceptors (Lipinski definition) is 9. The number of carboxylic acids is 1. The fraction of sp³-hybridized carbons (Fsp3) is 0.442. The zero-order chi connectivity index (χ0) is 38.3. The van der Waals surface area contributed by atoms with E-state index in [1.165, 1.54) is 11.3 Å². The number of hydrogen-bond donors (Lipinski definition) is 2. The van der Waals surface area contributed by atoms with Crippen LogP contribution < -0.4 is 10.2 Å². The number of anilines is 2. The molecule has 10 rings (SSSR count). The monoisotopic (exact) mass is 758 g/mol. The van der Waals surface area contributed by atoms with Gasteiger partial charge in [0.1, 0.15) is 11.4 Å². The number of nitrogens with one attached hydrogen (secondary N) is 1. The Balaban J connectivity index is 1.01. The third kappa shape index (κ3) is 6.47. The molecule has 4 bridgehead atoms. The average molecular weight is 759 g/mol. The number of nitrogens with zero attached hydrogens (tertiary/aromatic N) is 5. The molecule has 284 valence electrons. The quantitative estimate of drug-likeness (QED) is 0.150. The number of carbonyl (C=O) groups excluding carboxylic acids is 2. The van der Waals surface area contributed by atoms with E-state index in [1.54, 1.807) is 6.20 Å². The number of esters is 1. The minimum atomic E-state index is -0.737. The van der Waals surface area contributed by atoms with Gasteiger partial charge in [-0.1, -0.05) is 35.6 Å². The predicted octanol–water partition coefficient (Wildman–Crippen LogP) is 8.30. The van der Waals surface area contributed by atoms with Crippen molar-refractivity contribution in [2.24, 2.45) is 22.7 Å². The lowest BCUT2D eigenvalue weighted by atomic mass is 9.44. The van der Waals surface area contributed by atoms with Crippen molar-refractivity contribution < 1.29 is 24.2 Å². The molecule has 0 spiro atoms. The van der Waals surface area contributed by atoms with Gasteiger partial charge in [-0.3, -0.25) is 19.6 Å². The van der Waals surface area contributed by atoms with Gasteiger partial charge in [-0.15, -0.1) is 0 Å². The highest BCUT2D eigenvalue weighted by atomic mass is 32.1. The van der Waals surface area contributed by atoms with Gasteiger partial charge in [-0.2, -0.15) is 5.10 Å². The number of ether oxygens (including phenoxy) is 1. The second kappa shape index (κ2) is 13.0. The van der Waals surface area contributed by atoms with Gasteiger partial charge in [0.2, 0.25) is 0 Å². The fourth-order valence-electron chi connectivity index (χ4n) is 10.5. The van der Waals surface area contributed by atoms with Gasteiger partial charge in [0, 0.05) is 42.0 Å². The van der Waals surface area contributed by atoms with Gasteiger partial charge in [0.05, 0.1) is 21.8 Å². The molecule has 4 fully saturated rings. The fourth-order valence-corrected chi connectivity index (χ4v) is 11.3. The van der Waals surface area contributed by atoms with E-state index in [1.807, 2.05) is 80.9 Å². The highest BCUT2D eigenvalue weighted by Crippen LogP contribution is 2.66. The normalized spacial score (nSPS) is 24.2. The van der Waals surface area contributed by atoms with Crippen LogP contribution in [0.25, 0.3) is 21.3 Å². The van der Waals surface area contributed by atoms with Crippen LogP contribution >= 0.6 is 11.3 Å². The summed E-state index contributed by atoms with van der Waals surface area (Å²) >= 11 is 1.45. The van der Waals surface area contributed by atoms with Crippen LogP contribution in [0.1, 0.15) is 97.0 Å². The Bertz CT molecular complexity index is 2330. The van der Waals surface area contributed by atoms with Crippen LogP contribution in [0.15, 0.2) is 60.8 Å². The first kappa shape index (κ1) is 35.6. The van der Waals surface area contributed by atoms with Gasteiger partial charge < -0.3 is 14.7 Å². The van der Waals surface area contributed by atoms with Gasteiger partial charge in [0.25, 0.3) is 5.91 Å². The molecule has 2 aromatic carbocycles. The molecule has 1 aliphatic heterocycles. The number of amides is 1. The Morgan fingerprint density at radius 2 is 1.76 bits per heavy atom. The van der Waals surface area contributed by atoms with Gasteiger partial charge in [0.15, 0.2) is 10.8 Å². The third-order valence-electron chi connectivity index (χ3n) is 12.3. The lowest BCUT2D eigenvalue weighted by molar-refractivity contribution is -0.176. The number of rotatable bonds is 8. The van der Waals surface area contributed by atoms with Crippen LogP contribution in [0.2, 0.25) is 0 Å². The number of benzene rings is 2. The summed E-state index contributed by atoms with van der Waals surface area (Å²) in [6, 6.07) is 17.5. The van der Waals surface area contributed by atoms with E-state index in [4.69, 9.17) is 14.8 Å². The highest BCUT2D eigenvalue weighted by molar-refractivity contribution is 7.22. The first-order chi connectivity index (χ1) is 26.3. The molecule has 1 amide bonds. The summed E-state index contributed by atoms with van der Waals surface area (Å²) in [7, 11) is 0. The second-order valence-electron chi connectivity index (χ2n) is 17.5. The molecule has 4 saturated carbocycles. The van der Waals surface area contributed by atoms with Gasteiger partial charge in [-0.25, -0.2) is 14.8 Å². The molecular weight excluding hydrogens is 713 g/mol. The Labute approximate surface area is 324 Å². The maximum absolute atomic E-state index is 13.9. The van der Waals surface area contributed by atoms with Crippen LogP contribution in [0.4, 0.5) is 10.9 Å². The van der Waals surface area contributed by atoms with Crippen molar-refractivity contribution >= 4 is 50.3 Å². The SMILES string of the molecule is Cc1c(-c2ccc(N3CCc4cccc(C(=O)Nc5nc6ccccc6s5)c4C3)nc2C(=O)OC(C)(C)C)cnn1C[C@]12CC3CC(C1)C[C@](C(=O)O)(C3)C2. The van der Waals surface area contributed by atoms with E-state index in [0.29, 0.717) is 66.4 Å². The Hall–Kier alpha value is -5.10. The summed E-state index contributed by atoms with van der Waals surface area (Å²) < 4.78 is 8.95. The largest absolute Gasteiger partial charge is 0.481 e. The summed E-state index contributed by atoms with van der Waals surface area (Å²) in [5.41, 5.74) is 4.57. The molecule has 2 N–H and O–H groups in total. The molecule has 55 heavy (non-hydrogen) atoms. The lowest BCUT2D eigenvalue weighted by Crippen LogP contribution is -2.56. The van der Waals surface area contributed by atoms with E-state index in [9.17, 15) is 19.5 Å². The highest BCUT2D eigenvalue weighted by Gasteiger charge is 2.61. The molecule has 5 aromatic rings. The first-order valence-corrected chi connectivity index (χ1v) is 20.1. The van der Waals surface area contributed by atoms with Crippen molar-refractivity contribution in [3.8, 4) is 11.1 Å². The van der Waals surface area contributed by atoms with Crippen molar-refractivity contribution in [2.45, 2.75) is 91.3 Å². The van der Waals surface area contributed by atoms with E-state index in [-0.39, 0.29) is 17.0 Å². The molecule has 12 heteroatoms. The number of fused-ring (bicyclic) bond motifs is 2. The summed E-state index contributed by atoms with van der Waals surface area (Å²) in [4.78, 5) is 51.9. The molecule has 11 nitrogen and oxygen atoms in total. The Morgan fingerprint density at radius 3 is 2.51 bits per heavy atom. The van der Waals surface area contributed by atoms with E-state index in [2.05, 4.69) is 21.3 Å². The third-order valence-corrected chi connectivity index (χ3v) is 13.3. The van der Waals surface area contributed by atoms with Crippen LogP contribution in [-0.2, 0) is 29.0 Å². The summed E-state index contributed by atoms with van der Waals surface area (Å²) in [6.07, 6.45) is 8.01.